The van der Waals surface area contributed by atoms with E-state index in [1.807, 2.05) is 0 Å². The molecule has 0 saturated carbocycles. The van der Waals surface area contributed by atoms with Crippen LogP contribution in [0.15, 0.2) is 0 Å². The molecule has 0 aliphatic carbocycles. The molecular formula is C25H49NO4Si. The van der Waals surface area contributed by atoms with Gasteiger partial charge in [0, 0.05) is 6.42 Å². The summed E-state index contributed by atoms with van der Waals surface area (Å²) in [5.74, 6) is 0.272. The molecule has 1 fully saturated rings. The number of alkyl carbamates (subject to hydrolysis) is 1. The van der Waals surface area contributed by atoms with Gasteiger partial charge in [-0.15, -0.1) is 0 Å². The molecule has 0 radical (unpaired) electrons. The Bertz CT molecular complexity index is 565. The number of carbonyl (C=O) groups excluding carboxylic acids is 2. The molecule has 1 rings (SSSR count). The van der Waals surface area contributed by atoms with Crippen LogP contribution in [0, 0.1) is 0 Å². The number of ketones is 1. The van der Waals surface area contributed by atoms with Crippen molar-refractivity contribution in [1.29, 1.82) is 0 Å². The van der Waals surface area contributed by atoms with Crippen molar-refractivity contribution >= 4 is 20.2 Å². The number of ether oxygens (including phenoxy) is 1. The Hall–Kier alpha value is -0.883. The van der Waals surface area contributed by atoms with Gasteiger partial charge in [0.25, 0.3) is 0 Å². The lowest BCUT2D eigenvalue weighted by Gasteiger charge is -2.51. The highest BCUT2D eigenvalue weighted by molar-refractivity contribution is 6.84. The summed E-state index contributed by atoms with van der Waals surface area (Å²) in [6.07, 6.45) is 7.20. The average molecular weight is 456 g/mol. The standard InChI is InChI=1S/C25H49NO4Si/c1-10-13-15-16-17-19(27)22-21(26-23(28)29-12-3)20(18-14-11-2)30-31(22,24(4,5)6)25(7,8)9/h20-22H,10-18H2,1-9H3,(H,26,28)/t20-,21-,22?/m0/s1. The normalized spacial score (nSPS) is 23.6. The van der Waals surface area contributed by atoms with E-state index in [4.69, 9.17) is 9.16 Å². The quantitative estimate of drug-likeness (QED) is 0.265. The van der Waals surface area contributed by atoms with E-state index in [1.54, 1.807) is 6.92 Å². The van der Waals surface area contributed by atoms with Crippen molar-refractivity contribution in [2.75, 3.05) is 6.61 Å². The first-order chi connectivity index (χ1) is 14.4. The Morgan fingerprint density at radius 2 is 1.48 bits per heavy atom. The van der Waals surface area contributed by atoms with Crippen molar-refractivity contribution in [3.8, 4) is 0 Å². The van der Waals surface area contributed by atoms with Crippen molar-refractivity contribution in [3.05, 3.63) is 0 Å². The summed E-state index contributed by atoms with van der Waals surface area (Å²) < 4.78 is 12.3. The molecule has 0 aromatic heterocycles. The molecule has 1 N–H and O–H groups in total. The monoisotopic (exact) mass is 455 g/mol. The van der Waals surface area contributed by atoms with Crippen LogP contribution < -0.4 is 5.32 Å². The van der Waals surface area contributed by atoms with Crippen LogP contribution in [0.3, 0.4) is 0 Å². The van der Waals surface area contributed by atoms with E-state index in [2.05, 4.69) is 60.7 Å². The van der Waals surface area contributed by atoms with Crippen molar-refractivity contribution in [2.24, 2.45) is 0 Å². The van der Waals surface area contributed by atoms with Gasteiger partial charge in [0.15, 0.2) is 0 Å². The summed E-state index contributed by atoms with van der Waals surface area (Å²) in [6, 6.07) is -0.311. The van der Waals surface area contributed by atoms with Crippen molar-refractivity contribution in [1.82, 2.24) is 5.32 Å². The number of hydrogen-bond acceptors (Lipinski definition) is 4. The molecule has 0 spiro atoms. The molecule has 3 atom stereocenters. The number of hydrogen-bond donors (Lipinski definition) is 1. The molecule has 1 aliphatic rings. The van der Waals surface area contributed by atoms with Gasteiger partial charge in [0.2, 0.25) is 8.32 Å². The summed E-state index contributed by atoms with van der Waals surface area (Å²) in [5, 5.41) is 2.80. The fourth-order valence-corrected chi connectivity index (χ4v) is 12.8. The van der Waals surface area contributed by atoms with E-state index in [9.17, 15) is 9.59 Å². The van der Waals surface area contributed by atoms with Crippen LogP contribution in [-0.2, 0) is 14.0 Å². The van der Waals surface area contributed by atoms with E-state index in [1.165, 1.54) is 0 Å². The maximum Gasteiger partial charge on any atom is 0.407 e. The second-order valence-corrected chi connectivity index (χ2v) is 16.5. The minimum Gasteiger partial charge on any atom is -0.450 e. The Morgan fingerprint density at radius 3 is 1.97 bits per heavy atom. The summed E-state index contributed by atoms with van der Waals surface area (Å²) >= 11 is 0. The summed E-state index contributed by atoms with van der Waals surface area (Å²) in [4.78, 5) is 26.4. The molecule has 31 heavy (non-hydrogen) atoms. The molecule has 0 aromatic carbocycles. The zero-order valence-corrected chi connectivity index (χ0v) is 22.7. The molecule has 0 aromatic rings. The SMILES string of the molecule is CCCCCCC(=O)C1[C@@H](NC(=O)OCC)[C@H](CCCC)O[Si]1(C(C)(C)C)C(C)(C)C. The topological polar surface area (TPSA) is 64.6 Å². The van der Waals surface area contributed by atoms with Gasteiger partial charge in [-0.2, -0.15) is 0 Å². The second-order valence-electron chi connectivity index (χ2n) is 11.2. The highest BCUT2D eigenvalue weighted by atomic mass is 28.4. The summed E-state index contributed by atoms with van der Waals surface area (Å²) in [7, 11) is -2.68. The average Bonchev–Trinajstić information content (AvgIpc) is 2.98. The van der Waals surface area contributed by atoms with Crippen LogP contribution in [-0.4, -0.2) is 38.9 Å². The van der Waals surface area contributed by atoms with Crippen LogP contribution in [0.1, 0.15) is 114 Å². The smallest absolute Gasteiger partial charge is 0.407 e. The fourth-order valence-electron chi connectivity index (χ4n) is 5.70. The van der Waals surface area contributed by atoms with Gasteiger partial charge in [0.05, 0.1) is 24.3 Å². The van der Waals surface area contributed by atoms with Gasteiger partial charge >= 0.3 is 6.09 Å². The fraction of sp³-hybridized carbons (Fsp3) is 0.920. The molecule has 0 bridgehead atoms. The van der Waals surface area contributed by atoms with Gasteiger partial charge in [-0.05, 0) is 29.8 Å². The molecule has 1 amide bonds. The Morgan fingerprint density at radius 1 is 0.903 bits per heavy atom. The van der Waals surface area contributed by atoms with Crippen molar-refractivity contribution in [2.45, 2.75) is 141 Å². The molecule has 182 valence electrons. The van der Waals surface area contributed by atoms with Crippen molar-refractivity contribution in [3.63, 3.8) is 0 Å². The zero-order chi connectivity index (χ0) is 23.9. The number of Topliss-reactive ketones (excluding diaryl/α,β-unsaturated/α-hetero) is 1. The first kappa shape index (κ1) is 28.2. The zero-order valence-electron chi connectivity index (χ0n) is 21.7. The second kappa shape index (κ2) is 11.8. The Balaban J connectivity index is 3.46. The maximum atomic E-state index is 13.8. The third kappa shape index (κ3) is 6.56. The molecule has 5 nitrogen and oxygen atoms in total. The van der Waals surface area contributed by atoms with Crippen LogP contribution >= 0.6 is 0 Å². The van der Waals surface area contributed by atoms with Crippen LogP contribution in [0.25, 0.3) is 0 Å². The van der Waals surface area contributed by atoms with Gasteiger partial charge in [-0.3, -0.25) is 4.79 Å². The number of unbranched alkanes of at least 4 members (excludes halogenated alkanes) is 4. The van der Waals surface area contributed by atoms with Gasteiger partial charge in [0.1, 0.15) is 5.78 Å². The molecule has 1 heterocycles. The minimum atomic E-state index is -2.68. The van der Waals surface area contributed by atoms with E-state index in [0.717, 1.165) is 44.9 Å². The highest BCUT2D eigenvalue weighted by Gasteiger charge is 2.69. The number of amides is 1. The third-order valence-corrected chi connectivity index (χ3v) is 13.5. The van der Waals surface area contributed by atoms with Crippen LogP contribution in [0.5, 0.6) is 0 Å². The molecule has 1 saturated heterocycles. The Labute approximate surface area is 192 Å². The lowest BCUT2D eigenvalue weighted by atomic mass is 9.97. The lowest BCUT2D eigenvalue weighted by molar-refractivity contribution is -0.119. The van der Waals surface area contributed by atoms with Crippen LogP contribution in [0.2, 0.25) is 15.6 Å². The van der Waals surface area contributed by atoms with E-state index in [0.29, 0.717) is 13.0 Å². The first-order valence-corrected chi connectivity index (χ1v) is 14.5. The van der Waals surface area contributed by atoms with E-state index in [-0.39, 0.29) is 33.5 Å². The molecule has 1 unspecified atom stereocenters. The minimum absolute atomic E-state index is 0.140. The van der Waals surface area contributed by atoms with Gasteiger partial charge < -0.3 is 14.5 Å². The van der Waals surface area contributed by atoms with Crippen molar-refractivity contribution < 1.29 is 18.8 Å². The maximum absolute atomic E-state index is 13.8. The number of nitrogens with one attached hydrogen (secondary N) is 1. The van der Waals surface area contributed by atoms with Gasteiger partial charge in [-0.25, -0.2) is 4.79 Å². The predicted molar refractivity (Wildman–Crippen MR) is 131 cm³/mol. The lowest BCUT2D eigenvalue weighted by Crippen LogP contribution is -2.59. The number of rotatable bonds is 11. The molecule has 6 heteroatoms. The third-order valence-electron chi connectivity index (χ3n) is 6.79. The number of carbonyl (C=O) groups is 2. The van der Waals surface area contributed by atoms with Gasteiger partial charge in [-0.1, -0.05) is 87.5 Å². The largest absolute Gasteiger partial charge is 0.450 e. The van der Waals surface area contributed by atoms with E-state index >= 15 is 0 Å². The van der Waals surface area contributed by atoms with E-state index < -0.39 is 14.4 Å². The van der Waals surface area contributed by atoms with Crippen LogP contribution in [0.4, 0.5) is 4.79 Å². The first-order valence-electron chi connectivity index (χ1n) is 12.5. The summed E-state index contributed by atoms with van der Waals surface area (Å²) in [6.45, 7) is 19.8. The molecule has 1 aliphatic heterocycles. The predicted octanol–water partition coefficient (Wildman–Crippen LogP) is 7.15. The Kier molecular flexibility index (Phi) is 10.7. The highest BCUT2D eigenvalue weighted by Crippen LogP contribution is 2.63. The molecular weight excluding hydrogens is 406 g/mol. The summed E-state index contributed by atoms with van der Waals surface area (Å²) in [5.41, 5.74) is -0.264.